The van der Waals surface area contributed by atoms with E-state index in [0.717, 1.165) is 18.4 Å². The fourth-order valence-electron chi connectivity index (χ4n) is 2.77. The number of rotatable bonds is 3. The van der Waals surface area contributed by atoms with Crippen LogP contribution >= 0.6 is 11.6 Å². The lowest BCUT2D eigenvalue weighted by atomic mass is 9.77. The maximum atomic E-state index is 12.4. The molecule has 0 bridgehead atoms. The molecule has 1 aromatic carbocycles. The minimum atomic E-state index is -1.15. The Kier molecular flexibility index (Phi) is 4.57. The van der Waals surface area contributed by atoms with Crippen LogP contribution in [0.4, 0.5) is 0 Å². The number of aryl methyl sites for hydroxylation is 1. The summed E-state index contributed by atoms with van der Waals surface area (Å²) in [6, 6.07) is 5.05. The molecule has 1 amide bonds. The SMILES string of the molecule is Cc1ccc(Cl)cc1C(=O)NC1(C(=O)O)CCC(C)CC1. The maximum absolute atomic E-state index is 12.4. The Morgan fingerprint density at radius 1 is 1.33 bits per heavy atom. The highest BCUT2D eigenvalue weighted by atomic mass is 35.5. The lowest BCUT2D eigenvalue weighted by Crippen LogP contribution is -2.56. The van der Waals surface area contributed by atoms with Crippen LogP contribution in [-0.2, 0) is 4.79 Å². The molecule has 0 aromatic heterocycles. The van der Waals surface area contributed by atoms with Crippen LogP contribution < -0.4 is 5.32 Å². The van der Waals surface area contributed by atoms with Crippen LogP contribution in [0.5, 0.6) is 0 Å². The lowest BCUT2D eigenvalue weighted by Gasteiger charge is -2.36. The predicted molar refractivity (Wildman–Crippen MR) is 81.7 cm³/mol. The van der Waals surface area contributed by atoms with Gasteiger partial charge in [-0.25, -0.2) is 4.79 Å². The number of carbonyl (C=O) groups excluding carboxylic acids is 1. The average Bonchev–Trinajstić information content (AvgIpc) is 2.44. The van der Waals surface area contributed by atoms with Gasteiger partial charge in [0.05, 0.1) is 0 Å². The molecule has 5 heteroatoms. The molecule has 0 spiro atoms. The number of carboxylic acid groups (broad SMARTS) is 1. The van der Waals surface area contributed by atoms with Crippen molar-refractivity contribution in [1.82, 2.24) is 5.32 Å². The van der Waals surface area contributed by atoms with E-state index in [0.29, 0.717) is 29.3 Å². The molecule has 0 aliphatic heterocycles. The molecule has 1 saturated carbocycles. The molecule has 0 unspecified atom stereocenters. The molecule has 2 rings (SSSR count). The van der Waals surface area contributed by atoms with Gasteiger partial charge in [0.15, 0.2) is 0 Å². The molecule has 1 aliphatic carbocycles. The Labute approximate surface area is 129 Å². The fourth-order valence-corrected chi connectivity index (χ4v) is 2.94. The zero-order valence-corrected chi connectivity index (χ0v) is 13.0. The fraction of sp³-hybridized carbons (Fsp3) is 0.500. The Balaban J connectivity index is 2.23. The summed E-state index contributed by atoms with van der Waals surface area (Å²) in [6.45, 7) is 3.91. The Morgan fingerprint density at radius 3 is 2.52 bits per heavy atom. The topological polar surface area (TPSA) is 66.4 Å². The molecule has 1 aliphatic rings. The summed E-state index contributed by atoms with van der Waals surface area (Å²) in [5, 5.41) is 12.8. The molecule has 0 saturated heterocycles. The summed E-state index contributed by atoms with van der Waals surface area (Å²) in [5.74, 6) is -0.823. The number of hydrogen-bond donors (Lipinski definition) is 2. The molecule has 1 fully saturated rings. The van der Waals surface area contributed by atoms with Gasteiger partial charge in [-0.15, -0.1) is 0 Å². The molecule has 0 atom stereocenters. The van der Waals surface area contributed by atoms with Gasteiger partial charge in [0, 0.05) is 10.6 Å². The monoisotopic (exact) mass is 309 g/mol. The highest BCUT2D eigenvalue weighted by Crippen LogP contribution is 2.32. The van der Waals surface area contributed by atoms with Crippen LogP contribution in [0.15, 0.2) is 18.2 Å². The summed E-state index contributed by atoms with van der Waals surface area (Å²) in [6.07, 6.45) is 2.55. The number of aliphatic carboxylic acids is 1. The van der Waals surface area contributed by atoms with Crippen molar-refractivity contribution in [3.63, 3.8) is 0 Å². The first-order valence-corrected chi connectivity index (χ1v) is 7.54. The van der Waals surface area contributed by atoms with Crippen molar-refractivity contribution in [1.29, 1.82) is 0 Å². The Hall–Kier alpha value is -1.55. The Morgan fingerprint density at radius 2 is 1.95 bits per heavy atom. The van der Waals surface area contributed by atoms with E-state index in [-0.39, 0.29) is 5.91 Å². The van der Waals surface area contributed by atoms with Gasteiger partial charge >= 0.3 is 5.97 Å². The first-order chi connectivity index (χ1) is 9.84. The molecule has 0 heterocycles. The van der Waals surface area contributed by atoms with E-state index in [9.17, 15) is 14.7 Å². The minimum Gasteiger partial charge on any atom is -0.480 e. The van der Waals surface area contributed by atoms with Gasteiger partial charge in [0.2, 0.25) is 0 Å². The third-order valence-corrected chi connectivity index (χ3v) is 4.57. The molecular weight excluding hydrogens is 290 g/mol. The largest absolute Gasteiger partial charge is 0.480 e. The quantitative estimate of drug-likeness (QED) is 0.899. The van der Waals surface area contributed by atoms with Crippen LogP contribution in [-0.4, -0.2) is 22.5 Å². The summed E-state index contributed by atoms with van der Waals surface area (Å²) in [4.78, 5) is 24.1. The van der Waals surface area contributed by atoms with E-state index in [4.69, 9.17) is 11.6 Å². The lowest BCUT2D eigenvalue weighted by molar-refractivity contribution is -0.146. The van der Waals surface area contributed by atoms with Gasteiger partial charge in [-0.3, -0.25) is 4.79 Å². The molecule has 21 heavy (non-hydrogen) atoms. The van der Waals surface area contributed by atoms with Crippen molar-refractivity contribution in [3.8, 4) is 0 Å². The van der Waals surface area contributed by atoms with Gasteiger partial charge in [-0.05, 0) is 56.2 Å². The van der Waals surface area contributed by atoms with Crippen LogP contribution in [0.2, 0.25) is 5.02 Å². The second-order valence-electron chi connectivity index (χ2n) is 5.98. The van der Waals surface area contributed by atoms with Crippen LogP contribution in [0.3, 0.4) is 0 Å². The number of halogens is 1. The third kappa shape index (κ3) is 3.38. The summed E-state index contributed by atoms with van der Waals surface area (Å²) in [7, 11) is 0. The molecule has 2 N–H and O–H groups in total. The van der Waals surface area contributed by atoms with Crippen molar-refractivity contribution >= 4 is 23.5 Å². The first-order valence-electron chi connectivity index (χ1n) is 7.16. The standard InChI is InChI=1S/C16H20ClNO3/c1-10-5-7-16(8-6-10,15(20)21)18-14(19)13-9-12(17)4-3-11(13)2/h3-4,9-10H,5-8H2,1-2H3,(H,18,19)(H,20,21). The smallest absolute Gasteiger partial charge is 0.329 e. The number of amides is 1. The van der Waals surface area contributed by atoms with E-state index < -0.39 is 11.5 Å². The van der Waals surface area contributed by atoms with Gasteiger partial charge in [0.25, 0.3) is 5.91 Å². The zero-order valence-electron chi connectivity index (χ0n) is 12.3. The second-order valence-corrected chi connectivity index (χ2v) is 6.42. The molecule has 114 valence electrons. The summed E-state index contributed by atoms with van der Waals surface area (Å²) < 4.78 is 0. The van der Waals surface area contributed by atoms with E-state index in [1.807, 2.05) is 6.92 Å². The van der Waals surface area contributed by atoms with Crippen molar-refractivity contribution in [2.75, 3.05) is 0 Å². The normalized spacial score (nSPS) is 25.4. The average molecular weight is 310 g/mol. The van der Waals surface area contributed by atoms with E-state index in [1.54, 1.807) is 18.2 Å². The summed E-state index contributed by atoms with van der Waals surface area (Å²) >= 11 is 5.92. The number of nitrogens with one attached hydrogen (secondary N) is 1. The van der Waals surface area contributed by atoms with Crippen LogP contribution in [0, 0.1) is 12.8 Å². The summed E-state index contributed by atoms with van der Waals surface area (Å²) in [5.41, 5.74) is 0.0570. The number of carbonyl (C=O) groups is 2. The highest BCUT2D eigenvalue weighted by Gasteiger charge is 2.42. The first kappa shape index (κ1) is 15.8. The molecular formula is C16H20ClNO3. The van der Waals surface area contributed by atoms with Gasteiger partial charge < -0.3 is 10.4 Å². The van der Waals surface area contributed by atoms with Crippen molar-refractivity contribution < 1.29 is 14.7 Å². The van der Waals surface area contributed by atoms with Gasteiger partial charge in [0.1, 0.15) is 5.54 Å². The molecule has 0 radical (unpaired) electrons. The van der Waals surface area contributed by atoms with Crippen LogP contribution in [0.1, 0.15) is 48.5 Å². The molecule has 1 aromatic rings. The van der Waals surface area contributed by atoms with E-state index in [1.165, 1.54) is 0 Å². The maximum Gasteiger partial charge on any atom is 0.329 e. The Bertz CT molecular complexity index is 563. The third-order valence-electron chi connectivity index (χ3n) is 4.33. The number of hydrogen-bond acceptors (Lipinski definition) is 2. The second kappa shape index (κ2) is 6.06. The van der Waals surface area contributed by atoms with Gasteiger partial charge in [-0.2, -0.15) is 0 Å². The van der Waals surface area contributed by atoms with Crippen molar-refractivity contribution in [3.05, 3.63) is 34.3 Å². The number of benzene rings is 1. The number of carboxylic acids is 1. The van der Waals surface area contributed by atoms with E-state index in [2.05, 4.69) is 12.2 Å². The zero-order chi connectivity index (χ0) is 15.6. The van der Waals surface area contributed by atoms with Gasteiger partial charge in [-0.1, -0.05) is 24.6 Å². The van der Waals surface area contributed by atoms with Crippen LogP contribution in [0.25, 0.3) is 0 Å². The minimum absolute atomic E-state index is 0.369. The van der Waals surface area contributed by atoms with E-state index >= 15 is 0 Å². The molecule has 4 nitrogen and oxygen atoms in total. The predicted octanol–water partition coefficient (Wildman–Crippen LogP) is 3.41. The highest BCUT2D eigenvalue weighted by molar-refractivity contribution is 6.31. The van der Waals surface area contributed by atoms with Crippen molar-refractivity contribution in [2.45, 2.75) is 45.1 Å². The van der Waals surface area contributed by atoms with Crippen molar-refractivity contribution in [2.24, 2.45) is 5.92 Å².